The summed E-state index contributed by atoms with van der Waals surface area (Å²) < 4.78 is 32.0. The SMILES string of the molecule is CC(CO[Si](C)(C)C(C)(C)C)OCCOc1nn(C)cc1B1OC(C)(C)C(C)(C)O1. The molecule has 0 spiro atoms. The molecule has 0 aliphatic carbocycles. The summed E-state index contributed by atoms with van der Waals surface area (Å²) in [6.07, 6.45) is 1.89. The summed E-state index contributed by atoms with van der Waals surface area (Å²) in [5, 5.41) is 4.62. The molecule has 1 fully saturated rings. The van der Waals surface area contributed by atoms with Gasteiger partial charge in [-0.05, 0) is 52.8 Å². The molecule has 30 heavy (non-hydrogen) atoms. The molecule has 9 heteroatoms. The predicted molar refractivity (Wildman–Crippen MR) is 123 cm³/mol. The lowest BCUT2D eigenvalue weighted by Crippen LogP contribution is -2.42. The van der Waals surface area contributed by atoms with Crippen molar-refractivity contribution in [2.75, 3.05) is 19.8 Å². The molecule has 172 valence electrons. The first-order valence-electron chi connectivity index (χ1n) is 10.8. The van der Waals surface area contributed by atoms with Crippen LogP contribution in [0.5, 0.6) is 5.88 Å². The van der Waals surface area contributed by atoms with Crippen molar-refractivity contribution < 1.29 is 23.2 Å². The van der Waals surface area contributed by atoms with Gasteiger partial charge in [-0.2, -0.15) is 0 Å². The lowest BCUT2D eigenvalue weighted by Gasteiger charge is -2.36. The zero-order valence-electron chi connectivity index (χ0n) is 20.8. The smallest absolute Gasteiger partial charge is 0.474 e. The number of aryl methyl sites for hydroxylation is 1. The minimum Gasteiger partial charge on any atom is -0.474 e. The van der Waals surface area contributed by atoms with E-state index < -0.39 is 26.6 Å². The second-order valence-electron chi connectivity index (χ2n) is 10.8. The van der Waals surface area contributed by atoms with Crippen LogP contribution in [0, 0.1) is 0 Å². The van der Waals surface area contributed by atoms with Crippen molar-refractivity contribution in [1.82, 2.24) is 9.78 Å². The zero-order chi connectivity index (χ0) is 23.0. The lowest BCUT2D eigenvalue weighted by molar-refractivity contribution is 0.00578. The monoisotopic (exact) mass is 440 g/mol. The quantitative estimate of drug-likeness (QED) is 0.433. The van der Waals surface area contributed by atoms with Crippen LogP contribution in [0.25, 0.3) is 0 Å². The van der Waals surface area contributed by atoms with Gasteiger partial charge in [-0.25, -0.2) is 0 Å². The minimum absolute atomic E-state index is 0.00836. The van der Waals surface area contributed by atoms with Gasteiger partial charge in [0.1, 0.15) is 6.61 Å². The molecule has 0 amide bonds. The second kappa shape index (κ2) is 8.94. The Kier molecular flexibility index (Phi) is 7.57. The van der Waals surface area contributed by atoms with E-state index in [2.05, 4.69) is 39.0 Å². The molecule has 0 radical (unpaired) electrons. The van der Waals surface area contributed by atoms with Crippen LogP contribution in [0.1, 0.15) is 55.4 Å². The summed E-state index contributed by atoms with van der Waals surface area (Å²) in [6, 6.07) is 0. The average molecular weight is 440 g/mol. The summed E-state index contributed by atoms with van der Waals surface area (Å²) in [4.78, 5) is 0. The van der Waals surface area contributed by atoms with Gasteiger partial charge >= 0.3 is 7.12 Å². The van der Waals surface area contributed by atoms with Crippen molar-refractivity contribution in [3.8, 4) is 5.88 Å². The molecule has 1 aliphatic heterocycles. The highest BCUT2D eigenvalue weighted by Gasteiger charge is 2.53. The normalized spacial score (nSPS) is 19.9. The molecular weight excluding hydrogens is 399 g/mol. The van der Waals surface area contributed by atoms with Crippen molar-refractivity contribution in [3.05, 3.63) is 6.20 Å². The number of hydrogen-bond acceptors (Lipinski definition) is 6. The third kappa shape index (κ3) is 5.88. The molecular formula is C21H41BN2O5Si. The summed E-state index contributed by atoms with van der Waals surface area (Å²) in [7, 11) is -0.407. The molecule has 0 bridgehead atoms. The van der Waals surface area contributed by atoms with E-state index in [-0.39, 0.29) is 11.1 Å². The molecule has 0 N–H and O–H groups in total. The zero-order valence-corrected chi connectivity index (χ0v) is 21.8. The molecule has 0 aromatic carbocycles. The molecule has 1 aromatic heterocycles. The maximum absolute atomic E-state index is 6.22. The van der Waals surface area contributed by atoms with Gasteiger partial charge in [0.15, 0.2) is 8.32 Å². The van der Waals surface area contributed by atoms with Crippen LogP contribution in [0.4, 0.5) is 0 Å². The Bertz CT molecular complexity index is 699. The van der Waals surface area contributed by atoms with Gasteiger partial charge in [0.25, 0.3) is 0 Å². The Hall–Kier alpha value is -0.868. The van der Waals surface area contributed by atoms with Crippen molar-refractivity contribution in [3.63, 3.8) is 0 Å². The molecule has 1 saturated heterocycles. The highest BCUT2D eigenvalue weighted by atomic mass is 28.4. The fourth-order valence-electron chi connectivity index (χ4n) is 2.71. The van der Waals surface area contributed by atoms with E-state index in [9.17, 15) is 0 Å². The van der Waals surface area contributed by atoms with Gasteiger partial charge in [-0.3, -0.25) is 4.68 Å². The van der Waals surface area contributed by atoms with E-state index in [4.69, 9.17) is 23.2 Å². The molecule has 1 unspecified atom stereocenters. The number of nitrogens with zero attached hydrogens (tertiary/aromatic N) is 2. The van der Waals surface area contributed by atoms with Crippen LogP contribution in [-0.4, -0.2) is 62.3 Å². The van der Waals surface area contributed by atoms with E-state index in [1.165, 1.54) is 0 Å². The first-order chi connectivity index (χ1) is 13.6. The molecule has 1 atom stereocenters. The maximum Gasteiger partial charge on any atom is 0.502 e. The maximum atomic E-state index is 6.22. The van der Waals surface area contributed by atoms with E-state index in [0.717, 1.165) is 5.46 Å². The van der Waals surface area contributed by atoms with Crippen LogP contribution in [0.3, 0.4) is 0 Å². The van der Waals surface area contributed by atoms with Gasteiger partial charge in [0, 0.05) is 13.2 Å². The highest BCUT2D eigenvalue weighted by molar-refractivity contribution is 6.74. The molecule has 1 aliphatic rings. The third-order valence-electron chi connectivity index (χ3n) is 6.54. The number of ether oxygens (including phenoxy) is 2. The Balaban J connectivity index is 1.84. The van der Waals surface area contributed by atoms with Gasteiger partial charge in [0.05, 0.1) is 36.0 Å². The van der Waals surface area contributed by atoms with Gasteiger partial charge in [-0.15, -0.1) is 5.10 Å². The molecule has 2 heterocycles. The Morgan fingerprint density at radius 2 is 1.70 bits per heavy atom. The minimum atomic E-state index is -1.76. The summed E-state index contributed by atoms with van der Waals surface area (Å²) >= 11 is 0. The first kappa shape index (κ1) is 25.4. The van der Waals surface area contributed by atoms with Crippen molar-refractivity contribution >= 4 is 20.9 Å². The molecule has 0 saturated carbocycles. The average Bonchev–Trinajstić information content (AvgIpc) is 3.05. The topological polar surface area (TPSA) is 64.0 Å². The standard InChI is InChI=1S/C21H41BN2O5Si/c1-16(15-27-30(10,11)19(2,3)4)25-12-13-26-18-17(14-24(9)23-18)22-28-20(5,6)21(7,8)29-22/h14,16H,12-13,15H2,1-11H3. The predicted octanol–water partition coefficient (Wildman–Crippen LogP) is 3.53. The van der Waals surface area contributed by atoms with Crippen LogP contribution in [-0.2, 0) is 25.5 Å². The molecule has 1 aromatic rings. The Morgan fingerprint density at radius 3 is 2.23 bits per heavy atom. The van der Waals surface area contributed by atoms with E-state index in [1.807, 2.05) is 47.9 Å². The van der Waals surface area contributed by atoms with Crippen LogP contribution < -0.4 is 10.2 Å². The van der Waals surface area contributed by atoms with E-state index in [0.29, 0.717) is 25.7 Å². The summed E-state index contributed by atoms with van der Waals surface area (Å²) in [6.45, 7) is 22.8. The van der Waals surface area contributed by atoms with Crippen molar-refractivity contribution in [2.45, 2.75) is 90.8 Å². The van der Waals surface area contributed by atoms with E-state index in [1.54, 1.807) is 4.68 Å². The van der Waals surface area contributed by atoms with Crippen LogP contribution >= 0.6 is 0 Å². The largest absolute Gasteiger partial charge is 0.502 e. The first-order valence-corrected chi connectivity index (χ1v) is 13.7. The van der Waals surface area contributed by atoms with Gasteiger partial charge in [-0.1, -0.05) is 20.8 Å². The van der Waals surface area contributed by atoms with Gasteiger partial charge < -0.3 is 23.2 Å². The number of rotatable bonds is 9. The highest BCUT2D eigenvalue weighted by Crippen LogP contribution is 2.37. The third-order valence-corrected chi connectivity index (χ3v) is 11.0. The fourth-order valence-corrected chi connectivity index (χ4v) is 3.79. The van der Waals surface area contributed by atoms with Crippen LogP contribution in [0.15, 0.2) is 6.20 Å². The van der Waals surface area contributed by atoms with Gasteiger partial charge in [0.2, 0.25) is 5.88 Å². The Labute approximate surface area is 184 Å². The second-order valence-corrected chi connectivity index (χ2v) is 15.6. The van der Waals surface area contributed by atoms with Crippen LogP contribution in [0.2, 0.25) is 18.1 Å². The lowest BCUT2D eigenvalue weighted by atomic mass is 9.81. The molecule has 7 nitrogen and oxygen atoms in total. The summed E-state index contributed by atoms with van der Waals surface area (Å²) in [5.74, 6) is 0.518. The number of hydrogen-bond donors (Lipinski definition) is 0. The summed E-state index contributed by atoms with van der Waals surface area (Å²) in [5.41, 5.74) is -0.0218. The Morgan fingerprint density at radius 1 is 1.13 bits per heavy atom. The number of aromatic nitrogens is 2. The molecule has 2 rings (SSSR count). The van der Waals surface area contributed by atoms with Crippen molar-refractivity contribution in [1.29, 1.82) is 0 Å². The van der Waals surface area contributed by atoms with Crippen molar-refractivity contribution in [2.24, 2.45) is 7.05 Å². The van der Waals surface area contributed by atoms with E-state index >= 15 is 0 Å². The fraction of sp³-hybridized carbons (Fsp3) is 0.857.